The van der Waals surface area contributed by atoms with Crippen molar-refractivity contribution in [3.63, 3.8) is 0 Å². The van der Waals surface area contributed by atoms with Crippen molar-refractivity contribution < 1.29 is 15.0 Å². The van der Waals surface area contributed by atoms with Gasteiger partial charge in [0.2, 0.25) is 5.91 Å². The Labute approximate surface area is 113 Å². The number of benzene rings is 1. The molecule has 19 heavy (non-hydrogen) atoms. The number of carbonyl (C=O) groups excluding carboxylic acids is 1. The van der Waals surface area contributed by atoms with Crippen molar-refractivity contribution >= 4 is 5.91 Å². The van der Waals surface area contributed by atoms with Gasteiger partial charge >= 0.3 is 0 Å². The highest BCUT2D eigenvalue weighted by molar-refractivity contribution is 5.77. The normalized spacial score (nSPS) is 22.9. The number of hydrogen-bond acceptors (Lipinski definition) is 3. The fraction of sp³-hybridized carbons (Fsp3) is 0.533. The number of aliphatic hydroxyl groups is 2. The van der Waals surface area contributed by atoms with Gasteiger partial charge in [0.1, 0.15) is 0 Å². The Morgan fingerprint density at radius 3 is 2.95 bits per heavy atom. The van der Waals surface area contributed by atoms with Crippen LogP contribution in [-0.4, -0.2) is 28.8 Å². The van der Waals surface area contributed by atoms with E-state index in [-0.39, 0.29) is 24.5 Å². The highest BCUT2D eigenvalue weighted by Gasteiger charge is 2.31. The van der Waals surface area contributed by atoms with Crippen LogP contribution in [0.4, 0.5) is 0 Å². The minimum Gasteiger partial charge on any atom is -0.396 e. The van der Waals surface area contributed by atoms with Gasteiger partial charge in [-0.3, -0.25) is 4.79 Å². The molecule has 104 valence electrons. The molecule has 0 heterocycles. The first kappa shape index (κ1) is 14.0. The Balaban J connectivity index is 1.97. The highest BCUT2D eigenvalue weighted by Crippen LogP contribution is 2.31. The lowest BCUT2D eigenvalue weighted by atomic mass is 10.0. The van der Waals surface area contributed by atoms with E-state index in [1.165, 1.54) is 0 Å². The van der Waals surface area contributed by atoms with E-state index in [4.69, 9.17) is 5.11 Å². The van der Waals surface area contributed by atoms with Gasteiger partial charge in [-0.05, 0) is 23.5 Å². The van der Waals surface area contributed by atoms with Crippen LogP contribution in [0.3, 0.4) is 0 Å². The van der Waals surface area contributed by atoms with Crippen LogP contribution in [0.15, 0.2) is 24.3 Å². The fourth-order valence-electron chi connectivity index (χ4n) is 2.62. The van der Waals surface area contributed by atoms with E-state index in [9.17, 15) is 9.90 Å². The van der Waals surface area contributed by atoms with E-state index >= 15 is 0 Å². The molecule has 0 aromatic heterocycles. The molecule has 0 aliphatic heterocycles. The average molecular weight is 263 g/mol. The van der Waals surface area contributed by atoms with Crippen molar-refractivity contribution in [2.24, 2.45) is 5.92 Å². The summed E-state index contributed by atoms with van der Waals surface area (Å²) in [7, 11) is 0. The van der Waals surface area contributed by atoms with Crippen molar-refractivity contribution in [3.8, 4) is 0 Å². The van der Waals surface area contributed by atoms with Crippen molar-refractivity contribution in [3.05, 3.63) is 35.4 Å². The molecule has 0 saturated heterocycles. The van der Waals surface area contributed by atoms with Crippen molar-refractivity contribution in [2.45, 2.75) is 38.3 Å². The first-order valence-corrected chi connectivity index (χ1v) is 6.78. The summed E-state index contributed by atoms with van der Waals surface area (Å²) in [6, 6.07) is 7.50. The Bertz CT molecular complexity index is 447. The van der Waals surface area contributed by atoms with Gasteiger partial charge in [0.05, 0.1) is 12.1 Å². The lowest BCUT2D eigenvalue weighted by Crippen LogP contribution is -2.34. The summed E-state index contributed by atoms with van der Waals surface area (Å²) in [5.41, 5.74) is 2.11. The Hall–Kier alpha value is -1.39. The van der Waals surface area contributed by atoms with Crippen LogP contribution in [0.25, 0.3) is 0 Å². The van der Waals surface area contributed by atoms with Crippen LogP contribution >= 0.6 is 0 Å². The van der Waals surface area contributed by atoms with Gasteiger partial charge in [-0.2, -0.15) is 0 Å². The van der Waals surface area contributed by atoms with Gasteiger partial charge in [0.15, 0.2) is 0 Å². The summed E-state index contributed by atoms with van der Waals surface area (Å²) in [6.45, 7) is 2.04. The van der Waals surface area contributed by atoms with Crippen molar-refractivity contribution in [1.82, 2.24) is 5.32 Å². The summed E-state index contributed by atoms with van der Waals surface area (Å²) >= 11 is 0. The molecule has 2 rings (SSSR count). The Morgan fingerprint density at radius 1 is 1.47 bits per heavy atom. The number of amides is 1. The van der Waals surface area contributed by atoms with Crippen LogP contribution in [0, 0.1) is 5.92 Å². The maximum Gasteiger partial charge on any atom is 0.220 e. The zero-order chi connectivity index (χ0) is 13.8. The van der Waals surface area contributed by atoms with E-state index in [0.29, 0.717) is 19.3 Å². The third-order valence-electron chi connectivity index (χ3n) is 3.68. The summed E-state index contributed by atoms with van der Waals surface area (Å²) in [5.74, 6) is 0.0838. The lowest BCUT2D eigenvalue weighted by molar-refractivity contribution is -0.123. The molecule has 3 atom stereocenters. The first-order valence-electron chi connectivity index (χ1n) is 6.78. The molecule has 3 N–H and O–H groups in total. The standard InChI is InChI=1S/C15H21NO3/c1-10(6-7-17)8-14(19)16-15-12-5-3-2-4-11(12)9-13(15)18/h2-5,10,13,15,17-18H,6-9H2,1H3,(H,16,19)/t10-,13-,15+/m1/s1. The molecule has 4 heteroatoms. The number of hydrogen-bond donors (Lipinski definition) is 3. The van der Waals surface area contributed by atoms with Gasteiger partial charge in [-0.15, -0.1) is 0 Å². The monoisotopic (exact) mass is 263 g/mol. The third-order valence-corrected chi connectivity index (χ3v) is 3.68. The number of rotatable bonds is 5. The topological polar surface area (TPSA) is 69.6 Å². The van der Waals surface area contributed by atoms with E-state index in [1.54, 1.807) is 0 Å². The maximum atomic E-state index is 11.9. The maximum absolute atomic E-state index is 11.9. The molecule has 0 radical (unpaired) electrons. The second kappa shape index (κ2) is 6.17. The SMILES string of the molecule is C[C@H](CCO)CC(=O)N[C@H]1c2ccccc2C[C@H]1O. The number of fused-ring (bicyclic) bond motifs is 1. The smallest absolute Gasteiger partial charge is 0.220 e. The van der Waals surface area contributed by atoms with Crippen molar-refractivity contribution in [2.75, 3.05) is 6.61 Å². The molecule has 1 aromatic rings. The molecule has 1 amide bonds. The molecule has 0 bridgehead atoms. The summed E-state index contributed by atoms with van der Waals surface area (Å²) < 4.78 is 0. The zero-order valence-corrected chi connectivity index (χ0v) is 11.2. The molecule has 0 unspecified atom stereocenters. The van der Waals surface area contributed by atoms with Gasteiger partial charge in [0.25, 0.3) is 0 Å². The zero-order valence-electron chi connectivity index (χ0n) is 11.2. The number of nitrogens with one attached hydrogen (secondary N) is 1. The van der Waals surface area contributed by atoms with Crippen LogP contribution in [0.5, 0.6) is 0 Å². The van der Waals surface area contributed by atoms with E-state index in [0.717, 1.165) is 11.1 Å². The van der Waals surface area contributed by atoms with E-state index in [1.807, 2.05) is 31.2 Å². The van der Waals surface area contributed by atoms with Crippen molar-refractivity contribution in [1.29, 1.82) is 0 Å². The summed E-state index contributed by atoms with van der Waals surface area (Å²) in [5, 5.41) is 21.8. The molecule has 1 aliphatic carbocycles. The largest absolute Gasteiger partial charge is 0.396 e. The third kappa shape index (κ3) is 3.33. The van der Waals surface area contributed by atoms with Gasteiger partial charge < -0.3 is 15.5 Å². The van der Waals surface area contributed by atoms with Crippen LogP contribution in [0.2, 0.25) is 0 Å². The molecule has 1 aliphatic rings. The number of aliphatic hydroxyl groups excluding tert-OH is 2. The quantitative estimate of drug-likeness (QED) is 0.747. The van der Waals surface area contributed by atoms with Crippen LogP contribution in [0.1, 0.15) is 36.9 Å². The molecule has 0 fully saturated rings. The molecular formula is C15H21NO3. The van der Waals surface area contributed by atoms with E-state index in [2.05, 4.69) is 5.32 Å². The predicted octanol–water partition coefficient (Wildman–Crippen LogP) is 1.17. The minimum atomic E-state index is -0.547. The molecule has 4 nitrogen and oxygen atoms in total. The number of carbonyl (C=O) groups is 1. The van der Waals surface area contributed by atoms with Crippen LogP contribution < -0.4 is 5.32 Å². The summed E-state index contributed by atoms with van der Waals surface area (Å²) in [6.07, 6.45) is 1.05. The van der Waals surface area contributed by atoms with Gasteiger partial charge in [-0.25, -0.2) is 0 Å². The second-order valence-electron chi connectivity index (χ2n) is 5.34. The Morgan fingerprint density at radius 2 is 2.21 bits per heavy atom. The fourth-order valence-corrected chi connectivity index (χ4v) is 2.62. The average Bonchev–Trinajstić information content (AvgIpc) is 2.66. The van der Waals surface area contributed by atoms with Crippen LogP contribution in [-0.2, 0) is 11.2 Å². The van der Waals surface area contributed by atoms with E-state index < -0.39 is 6.10 Å². The first-order chi connectivity index (χ1) is 9.11. The Kier molecular flexibility index (Phi) is 4.56. The highest BCUT2D eigenvalue weighted by atomic mass is 16.3. The molecule has 1 aromatic carbocycles. The molecular weight excluding hydrogens is 242 g/mol. The van der Waals surface area contributed by atoms with Gasteiger partial charge in [-0.1, -0.05) is 31.2 Å². The second-order valence-corrected chi connectivity index (χ2v) is 5.34. The summed E-state index contributed by atoms with van der Waals surface area (Å²) in [4.78, 5) is 11.9. The minimum absolute atomic E-state index is 0.0679. The molecule has 0 saturated carbocycles. The lowest BCUT2D eigenvalue weighted by Gasteiger charge is -2.19. The van der Waals surface area contributed by atoms with Gasteiger partial charge in [0, 0.05) is 19.4 Å². The predicted molar refractivity (Wildman–Crippen MR) is 72.5 cm³/mol. The molecule has 0 spiro atoms.